The number of ether oxygens (including phenoxy) is 1. The zero-order chi connectivity index (χ0) is 22.9. The molecule has 0 aliphatic carbocycles. The van der Waals surface area contributed by atoms with E-state index < -0.39 is 0 Å². The van der Waals surface area contributed by atoms with Gasteiger partial charge in [0.25, 0.3) is 5.91 Å². The number of nitrogens with two attached hydrogens (primary N) is 2. The monoisotopic (exact) mass is 450 g/mol. The lowest BCUT2D eigenvalue weighted by Crippen LogP contribution is -2.46. The number of nitrogens with zero attached hydrogens (tertiary/aromatic N) is 3. The van der Waals surface area contributed by atoms with Gasteiger partial charge in [-0.2, -0.15) is 0 Å². The van der Waals surface area contributed by atoms with Gasteiger partial charge in [0.1, 0.15) is 11.1 Å². The minimum Gasteiger partial charge on any atom is -0.438 e. The van der Waals surface area contributed by atoms with E-state index in [9.17, 15) is 4.79 Å². The van der Waals surface area contributed by atoms with Crippen LogP contribution in [0.3, 0.4) is 0 Å². The Morgan fingerprint density at radius 2 is 2.06 bits per heavy atom. The average molecular weight is 451 g/mol. The van der Waals surface area contributed by atoms with Crippen LogP contribution >= 0.6 is 0 Å². The van der Waals surface area contributed by atoms with Crippen molar-refractivity contribution in [1.82, 2.24) is 9.97 Å². The molecule has 5 heterocycles. The van der Waals surface area contributed by atoms with Crippen LogP contribution in [0.15, 0.2) is 35.1 Å². The molecule has 2 saturated heterocycles. The zero-order valence-corrected chi connectivity index (χ0v) is 18.8. The number of furan rings is 1. The molecule has 9 heteroatoms. The average Bonchev–Trinajstić information content (AvgIpc) is 3.14. The first-order valence-corrected chi connectivity index (χ1v) is 11.5. The van der Waals surface area contributed by atoms with Crippen molar-refractivity contribution in [2.24, 2.45) is 11.7 Å². The Morgan fingerprint density at radius 1 is 1.24 bits per heavy atom. The molecule has 3 aromatic rings. The molecule has 5 rings (SSSR count). The first-order valence-electron chi connectivity index (χ1n) is 11.5. The summed E-state index contributed by atoms with van der Waals surface area (Å²) in [6, 6.07) is 3.93. The Balaban J connectivity index is 1.41. The molecule has 33 heavy (non-hydrogen) atoms. The first-order chi connectivity index (χ1) is 16.0. The number of pyridine rings is 2. The molecule has 2 atom stereocenters. The number of aromatic nitrogens is 2. The maximum absolute atomic E-state index is 13.3. The van der Waals surface area contributed by atoms with Crippen molar-refractivity contribution < 1.29 is 13.9 Å². The molecule has 1 amide bonds. The SMILES string of the molecule is C[C@@H]1C[C@H](N)CN(c2ccncc2NC(=O)c2c(N)oc3cc(C4CCOCC4)cnc23)C1. The van der Waals surface area contributed by atoms with Crippen molar-refractivity contribution in [2.45, 2.75) is 38.1 Å². The molecule has 0 spiro atoms. The Kier molecular flexibility index (Phi) is 5.90. The summed E-state index contributed by atoms with van der Waals surface area (Å²) in [4.78, 5) is 24.2. The molecule has 2 aliphatic rings. The Bertz CT molecular complexity index is 1150. The van der Waals surface area contributed by atoms with Crippen LogP contribution in [-0.4, -0.2) is 48.2 Å². The standard InChI is InChI=1S/C24H30N6O3/c1-14-8-17(25)13-30(12-14)19-2-5-27-11-18(19)29-24(31)21-22-20(33-23(21)26)9-16(10-28-22)15-3-6-32-7-4-15/h2,5,9-11,14-15,17H,3-4,6-8,12-13,25-26H2,1H3,(H,29,31)/t14-,17+/m1/s1. The van der Waals surface area contributed by atoms with E-state index in [1.54, 1.807) is 12.4 Å². The summed E-state index contributed by atoms with van der Waals surface area (Å²) in [6.45, 7) is 5.26. The second-order valence-electron chi connectivity index (χ2n) is 9.20. The number of amides is 1. The number of nitrogen functional groups attached to an aromatic ring is 1. The van der Waals surface area contributed by atoms with Crippen LogP contribution in [-0.2, 0) is 4.74 Å². The van der Waals surface area contributed by atoms with Crippen molar-refractivity contribution in [2.75, 3.05) is 42.3 Å². The van der Waals surface area contributed by atoms with Crippen LogP contribution < -0.4 is 21.7 Å². The predicted octanol–water partition coefficient (Wildman–Crippen LogP) is 3.12. The summed E-state index contributed by atoms with van der Waals surface area (Å²) in [6.07, 6.45) is 8.06. The number of piperidine rings is 1. The molecular weight excluding hydrogens is 420 g/mol. The summed E-state index contributed by atoms with van der Waals surface area (Å²) in [5.74, 6) is 0.517. The van der Waals surface area contributed by atoms with E-state index in [4.69, 9.17) is 20.6 Å². The van der Waals surface area contributed by atoms with Crippen molar-refractivity contribution >= 4 is 34.3 Å². The molecule has 0 aromatic carbocycles. The van der Waals surface area contributed by atoms with Gasteiger partial charge in [-0.3, -0.25) is 14.8 Å². The van der Waals surface area contributed by atoms with Gasteiger partial charge < -0.3 is 30.8 Å². The smallest absolute Gasteiger partial charge is 0.263 e. The second-order valence-corrected chi connectivity index (χ2v) is 9.20. The van der Waals surface area contributed by atoms with Crippen LogP contribution in [0.25, 0.3) is 11.1 Å². The highest BCUT2D eigenvalue weighted by Gasteiger charge is 2.27. The molecular formula is C24H30N6O3. The van der Waals surface area contributed by atoms with Crippen LogP contribution in [0.1, 0.15) is 48.0 Å². The lowest BCUT2D eigenvalue weighted by Gasteiger charge is -2.37. The third-order valence-electron chi connectivity index (χ3n) is 6.58. The van der Waals surface area contributed by atoms with Crippen molar-refractivity contribution in [3.63, 3.8) is 0 Å². The number of rotatable bonds is 4. The molecule has 3 aromatic heterocycles. The molecule has 0 unspecified atom stereocenters. The van der Waals surface area contributed by atoms with Gasteiger partial charge in [0.05, 0.1) is 17.6 Å². The molecule has 0 radical (unpaired) electrons. The van der Waals surface area contributed by atoms with E-state index in [2.05, 4.69) is 27.1 Å². The lowest BCUT2D eigenvalue weighted by atomic mass is 9.93. The van der Waals surface area contributed by atoms with Crippen LogP contribution in [0, 0.1) is 5.92 Å². The fourth-order valence-electron chi connectivity index (χ4n) is 5.03. The van der Waals surface area contributed by atoms with Crippen LogP contribution in [0.5, 0.6) is 0 Å². The number of hydrogen-bond acceptors (Lipinski definition) is 8. The Hall–Kier alpha value is -3.17. The van der Waals surface area contributed by atoms with E-state index in [1.807, 2.05) is 18.3 Å². The highest BCUT2D eigenvalue weighted by atomic mass is 16.5. The summed E-state index contributed by atoms with van der Waals surface area (Å²) in [7, 11) is 0. The predicted molar refractivity (Wildman–Crippen MR) is 127 cm³/mol. The van der Waals surface area contributed by atoms with Gasteiger partial charge in [-0.15, -0.1) is 0 Å². The maximum atomic E-state index is 13.3. The fourth-order valence-corrected chi connectivity index (χ4v) is 5.03. The van der Waals surface area contributed by atoms with E-state index in [0.717, 1.165) is 56.8 Å². The van der Waals surface area contributed by atoms with E-state index >= 15 is 0 Å². The molecule has 0 bridgehead atoms. The highest BCUT2D eigenvalue weighted by molar-refractivity contribution is 6.15. The minimum absolute atomic E-state index is 0.0539. The van der Waals surface area contributed by atoms with Gasteiger partial charge in [0, 0.05) is 44.7 Å². The Labute approximate surface area is 192 Å². The zero-order valence-electron chi connectivity index (χ0n) is 18.8. The second kappa shape index (κ2) is 8.99. The number of fused-ring (bicyclic) bond motifs is 1. The van der Waals surface area contributed by atoms with Gasteiger partial charge in [-0.25, -0.2) is 0 Å². The Morgan fingerprint density at radius 3 is 2.85 bits per heavy atom. The van der Waals surface area contributed by atoms with E-state index in [1.165, 1.54) is 0 Å². The summed E-state index contributed by atoms with van der Waals surface area (Å²) >= 11 is 0. The minimum atomic E-state index is -0.374. The summed E-state index contributed by atoms with van der Waals surface area (Å²) in [5, 5.41) is 2.97. The third kappa shape index (κ3) is 4.38. The van der Waals surface area contributed by atoms with Gasteiger partial charge in [0.15, 0.2) is 5.58 Å². The fraction of sp³-hybridized carbons (Fsp3) is 0.458. The number of anilines is 3. The summed E-state index contributed by atoms with van der Waals surface area (Å²) < 4.78 is 11.2. The number of nitrogens with one attached hydrogen (secondary N) is 1. The van der Waals surface area contributed by atoms with Crippen molar-refractivity contribution in [1.29, 1.82) is 0 Å². The van der Waals surface area contributed by atoms with Gasteiger partial charge in [-0.1, -0.05) is 6.92 Å². The molecule has 174 valence electrons. The molecule has 2 fully saturated rings. The van der Waals surface area contributed by atoms with Gasteiger partial charge in [0.2, 0.25) is 5.88 Å². The van der Waals surface area contributed by atoms with Crippen LogP contribution in [0.4, 0.5) is 17.3 Å². The van der Waals surface area contributed by atoms with Crippen molar-refractivity contribution in [3.05, 3.63) is 41.9 Å². The van der Waals surface area contributed by atoms with Gasteiger partial charge >= 0.3 is 0 Å². The maximum Gasteiger partial charge on any atom is 0.263 e. The highest BCUT2D eigenvalue weighted by Crippen LogP contribution is 2.34. The molecule has 2 aliphatic heterocycles. The number of carbonyl (C=O) groups excluding carboxylic acids is 1. The van der Waals surface area contributed by atoms with Crippen LogP contribution in [0.2, 0.25) is 0 Å². The summed E-state index contributed by atoms with van der Waals surface area (Å²) in [5.41, 5.74) is 16.2. The lowest BCUT2D eigenvalue weighted by molar-refractivity contribution is 0.0853. The normalized spacial score (nSPS) is 21.9. The largest absolute Gasteiger partial charge is 0.438 e. The molecule has 5 N–H and O–H groups in total. The van der Waals surface area contributed by atoms with E-state index in [-0.39, 0.29) is 23.4 Å². The molecule has 9 nitrogen and oxygen atoms in total. The van der Waals surface area contributed by atoms with E-state index in [0.29, 0.717) is 28.6 Å². The third-order valence-corrected chi connectivity index (χ3v) is 6.58. The topological polar surface area (TPSA) is 133 Å². The van der Waals surface area contributed by atoms with Gasteiger partial charge in [-0.05, 0) is 48.8 Å². The van der Waals surface area contributed by atoms with Crippen molar-refractivity contribution in [3.8, 4) is 0 Å². The number of carbonyl (C=O) groups is 1. The molecule has 0 saturated carbocycles. The first kappa shape index (κ1) is 21.7. The quantitative estimate of drug-likeness (QED) is 0.552. The number of hydrogen-bond donors (Lipinski definition) is 3.